The summed E-state index contributed by atoms with van der Waals surface area (Å²) in [5.41, 5.74) is 2.91. The second-order valence-corrected chi connectivity index (χ2v) is 5.44. The lowest BCUT2D eigenvalue weighted by molar-refractivity contribution is 0.0915. The van der Waals surface area contributed by atoms with Gasteiger partial charge >= 0.3 is 0 Å². The fraction of sp³-hybridized carbons (Fsp3) is 0.278. The number of fused-ring (bicyclic) bond motifs is 1. The maximum Gasteiger partial charge on any atom is 0.166 e. The average Bonchev–Trinajstić information content (AvgIpc) is 2.60. The molecule has 1 nitrogen and oxygen atoms in total. The van der Waals surface area contributed by atoms with Crippen molar-refractivity contribution in [2.45, 2.75) is 25.7 Å². The summed E-state index contributed by atoms with van der Waals surface area (Å²) in [6.07, 6.45) is 3.49. The average molecular weight is 268 g/mol. The molecule has 0 amide bonds. The van der Waals surface area contributed by atoms with Gasteiger partial charge in [0.15, 0.2) is 5.78 Å². The van der Waals surface area contributed by atoms with E-state index in [0.29, 0.717) is 6.42 Å². The van der Waals surface area contributed by atoms with Gasteiger partial charge in [-0.25, -0.2) is 4.39 Å². The third-order valence-corrected chi connectivity index (χ3v) is 4.02. The van der Waals surface area contributed by atoms with Crippen LogP contribution in [0.1, 0.15) is 34.3 Å². The quantitative estimate of drug-likeness (QED) is 0.746. The van der Waals surface area contributed by atoms with Gasteiger partial charge in [-0.3, -0.25) is 4.79 Å². The van der Waals surface area contributed by atoms with Gasteiger partial charge in [-0.15, -0.1) is 0 Å². The molecule has 0 aromatic heterocycles. The number of halogens is 1. The Bertz CT molecular complexity index is 633. The highest BCUT2D eigenvalue weighted by Crippen LogP contribution is 2.27. The van der Waals surface area contributed by atoms with Crippen molar-refractivity contribution < 1.29 is 9.18 Å². The van der Waals surface area contributed by atoms with Crippen LogP contribution in [0.3, 0.4) is 0 Å². The van der Waals surface area contributed by atoms with Gasteiger partial charge in [0.1, 0.15) is 5.82 Å². The van der Waals surface area contributed by atoms with Crippen molar-refractivity contribution >= 4 is 5.78 Å². The molecule has 0 saturated carbocycles. The molecule has 102 valence electrons. The fourth-order valence-electron chi connectivity index (χ4n) is 3.01. The lowest BCUT2D eigenvalue weighted by Crippen LogP contribution is -2.16. The van der Waals surface area contributed by atoms with Crippen LogP contribution in [0.25, 0.3) is 0 Å². The van der Waals surface area contributed by atoms with Crippen LogP contribution in [-0.2, 0) is 12.8 Å². The number of ketones is 1. The number of hydrogen-bond donors (Lipinski definition) is 0. The van der Waals surface area contributed by atoms with E-state index in [1.807, 2.05) is 30.3 Å². The van der Waals surface area contributed by atoms with Crippen molar-refractivity contribution in [3.8, 4) is 0 Å². The molecule has 2 aromatic rings. The first kappa shape index (κ1) is 13.0. The van der Waals surface area contributed by atoms with E-state index in [9.17, 15) is 9.18 Å². The molecule has 20 heavy (non-hydrogen) atoms. The van der Waals surface area contributed by atoms with Crippen LogP contribution in [0, 0.1) is 11.7 Å². The molecule has 0 aliphatic heterocycles. The summed E-state index contributed by atoms with van der Waals surface area (Å²) in [6, 6.07) is 14.4. The van der Waals surface area contributed by atoms with Crippen LogP contribution in [-0.4, -0.2) is 5.78 Å². The molecule has 2 heteroatoms. The van der Waals surface area contributed by atoms with Crippen LogP contribution < -0.4 is 0 Å². The molecular formula is C18H17FO. The molecule has 1 atom stereocenters. The first-order valence-electron chi connectivity index (χ1n) is 7.10. The van der Waals surface area contributed by atoms with Crippen LogP contribution in [0.2, 0.25) is 0 Å². The van der Waals surface area contributed by atoms with E-state index in [1.165, 1.54) is 12.1 Å². The fourth-order valence-corrected chi connectivity index (χ4v) is 3.01. The Morgan fingerprint density at radius 2 is 1.95 bits per heavy atom. The third kappa shape index (κ3) is 2.64. The summed E-state index contributed by atoms with van der Waals surface area (Å²) < 4.78 is 13.3. The molecule has 1 unspecified atom stereocenters. The van der Waals surface area contributed by atoms with Gasteiger partial charge in [-0.2, -0.15) is 0 Å². The van der Waals surface area contributed by atoms with Gasteiger partial charge in [0.05, 0.1) is 0 Å². The highest BCUT2D eigenvalue weighted by atomic mass is 19.1. The van der Waals surface area contributed by atoms with Crippen molar-refractivity contribution in [3.05, 3.63) is 71.0 Å². The van der Waals surface area contributed by atoms with Crippen LogP contribution in [0.5, 0.6) is 0 Å². The Labute approximate surface area is 118 Å². The molecule has 0 fully saturated rings. The summed E-state index contributed by atoms with van der Waals surface area (Å²) >= 11 is 0. The van der Waals surface area contributed by atoms with E-state index >= 15 is 0 Å². The van der Waals surface area contributed by atoms with E-state index in [0.717, 1.165) is 36.0 Å². The van der Waals surface area contributed by atoms with E-state index in [1.54, 1.807) is 6.07 Å². The molecule has 0 saturated heterocycles. The topological polar surface area (TPSA) is 17.1 Å². The third-order valence-electron chi connectivity index (χ3n) is 4.02. The van der Waals surface area contributed by atoms with E-state index in [4.69, 9.17) is 0 Å². The van der Waals surface area contributed by atoms with Gasteiger partial charge in [0.2, 0.25) is 0 Å². The number of benzene rings is 2. The zero-order valence-electron chi connectivity index (χ0n) is 11.3. The van der Waals surface area contributed by atoms with Gasteiger partial charge in [0.25, 0.3) is 0 Å². The predicted molar refractivity (Wildman–Crippen MR) is 77.3 cm³/mol. The molecular weight excluding hydrogens is 251 g/mol. The first-order chi connectivity index (χ1) is 9.74. The minimum absolute atomic E-state index is 0.0274. The van der Waals surface area contributed by atoms with Crippen LogP contribution in [0.15, 0.2) is 48.5 Å². The number of rotatable bonds is 2. The van der Waals surface area contributed by atoms with Gasteiger partial charge in [0, 0.05) is 11.5 Å². The molecule has 2 aromatic carbocycles. The molecule has 1 aliphatic carbocycles. The molecule has 0 N–H and O–H groups in total. The summed E-state index contributed by atoms with van der Waals surface area (Å²) in [5.74, 6) is -0.0493. The minimum Gasteiger partial charge on any atom is -0.294 e. The van der Waals surface area contributed by atoms with Crippen molar-refractivity contribution in [2.24, 2.45) is 5.92 Å². The first-order valence-corrected chi connectivity index (χ1v) is 7.10. The zero-order valence-corrected chi connectivity index (χ0v) is 11.3. The SMILES string of the molecule is O=C1c2ccccc2CCCC1Cc1cccc(F)c1. The van der Waals surface area contributed by atoms with Crippen LogP contribution in [0.4, 0.5) is 4.39 Å². The van der Waals surface area contributed by atoms with Crippen molar-refractivity contribution in [1.29, 1.82) is 0 Å². The van der Waals surface area contributed by atoms with Gasteiger partial charge < -0.3 is 0 Å². The molecule has 0 heterocycles. The van der Waals surface area contributed by atoms with Crippen LogP contribution >= 0.6 is 0 Å². The number of carbonyl (C=O) groups excluding carboxylic acids is 1. The Kier molecular flexibility index (Phi) is 3.64. The lowest BCUT2D eigenvalue weighted by Gasteiger charge is -2.13. The van der Waals surface area contributed by atoms with E-state index in [-0.39, 0.29) is 17.5 Å². The Morgan fingerprint density at radius 1 is 1.10 bits per heavy atom. The summed E-state index contributed by atoms with van der Waals surface area (Å²) in [6.45, 7) is 0. The molecule has 0 radical (unpaired) electrons. The van der Waals surface area contributed by atoms with Crippen molar-refractivity contribution in [1.82, 2.24) is 0 Å². The molecule has 0 spiro atoms. The number of Topliss-reactive ketones (excluding diaryl/α,β-unsaturated/α-hetero) is 1. The Morgan fingerprint density at radius 3 is 2.80 bits per heavy atom. The largest absolute Gasteiger partial charge is 0.294 e. The number of aryl methyl sites for hydroxylation is 1. The van der Waals surface area contributed by atoms with E-state index < -0.39 is 0 Å². The molecule has 1 aliphatic rings. The monoisotopic (exact) mass is 268 g/mol. The highest BCUT2D eigenvalue weighted by molar-refractivity contribution is 5.99. The Balaban J connectivity index is 1.86. The summed E-state index contributed by atoms with van der Waals surface area (Å²) in [4.78, 5) is 12.6. The van der Waals surface area contributed by atoms with Gasteiger partial charge in [-0.1, -0.05) is 36.4 Å². The second kappa shape index (κ2) is 5.58. The highest BCUT2D eigenvalue weighted by Gasteiger charge is 2.25. The smallest absolute Gasteiger partial charge is 0.166 e. The standard InChI is InChI=1S/C18H17FO/c19-16-9-3-5-13(12-16)11-15-8-4-7-14-6-1-2-10-17(14)18(15)20/h1-3,5-6,9-10,12,15H,4,7-8,11H2. The Hall–Kier alpha value is -1.96. The normalized spacial score (nSPS) is 18.4. The zero-order chi connectivity index (χ0) is 13.9. The lowest BCUT2D eigenvalue weighted by atomic mass is 9.89. The van der Waals surface area contributed by atoms with E-state index in [2.05, 4.69) is 0 Å². The maximum absolute atomic E-state index is 13.3. The summed E-state index contributed by atoms with van der Waals surface area (Å²) in [7, 11) is 0. The van der Waals surface area contributed by atoms with Gasteiger partial charge in [-0.05, 0) is 48.9 Å². The van der Waals surface area contributed by atoms with Crippen molar-refractivity contribution in [3.63, 3.8) is 0 Å². The second-order valence-electron chi connectivity index (χ2n) is 5.44. The predicted octanol–water partition coefficient (Wildman–Crippen LogP) is 4.20. The molecule has 3 rings (SSSR count). The molecule has 0 bridgehead atoms. The summed E-state index contributed by atoms with van der Waals surface area (Å²) in [5, 5.41) is 0. The van der Waals surface area contributed by atoms with Crippen molar-refractivity contribution in [2.75, 3.05) is 0 Å². The number of hydrogen-bond acceptors (Lipinski definition) is 1. The number of carbonyl (C=O) groups is 1. The minimum atomic E-state index is -0.232. The maximum atomic E-state index is 13.3.